The Morgan fingerprint density at radius 3 is 2.39 bits per heavy atom. The van der Waals surface area contributed by atoms with Crippen molar-refractivity contribution in [2.24, 2.45) is 17.8 Å². The highest BCUT2D eigenvalue weighted by Gasteiger charge is 2.58. The number of phenols is 2. The number of nitrogens with one attached hydrogen (secondary N) is 2. The van der Waals surface area contributed by atoms with Crippen LogP contribution in [-0.4, -0.2) is 93.0 Å². The lowest BCUT2D eigenvalue weighted by Gasteiger charge is -2.49. The van der Waals surface area contributed by atoms with Crippen LogP contribution in [0.4, 0.5) is 0 Å². The molecule has 4 aliphatic rings. The molecular formula is C63H76N2O10S2. The molecule has 8 N–H and O–H groups in total. The quantitative estimate of drug-likeness (QED) is 0.0380. The second kappa shape index (κ2) is 24.0. The van der Waals surface area contributed by atoms with Gasteiger partial charge in [-0.2, -0.15) is 0 Å². The minimum absolute atomic E-state index is 0.00159. The Balaban J connectivity index is 1.16. The first-order valence-electron chi connectivity index (χ1n) is 27.8. The summed E-state index contributed by atoms with van der Waals surface area (Å²) in [5.41, 5.74) is 5.65. The smallest absolute Gasteiger partial charge is 0.186 e. The van der Waals surface area contributed by atoms with Gasteiger partial charge in [-0.15, -0.1) is 0 Å². The molecule has 0 amide bonds. The first-order chi connectivity index (χ1) is 37.4. The van der Waals surface area contributed by atoms with Crippen molar-refractivity contribution in [1.82, 2.24) is 10.3 Å². The third-order valence-corrected chi connectivity index (χ3v) is 20.7. The van der Waals surface area contributed by atoms with E-state index in [9.17, 15) is 30.6 Å². The molecule has 3 fully saturated rings. The molecule has 1 aliphatic heterocycles. The van der Waals surface area contributed by atoms with E-state index in [-0.39, 0.29) is 48.1 Å². The highest BCUT2D eigenvalue weighted by atomic mass is 33.1. The Morgan fingerprint density at radius 2 is 1.66 bits per heavy atom. The number of ketones is 1. The number of phenolic OH excluding ortho intramolecular Hbond substituents is 2. The lowest BCUT2D eigenvalue weighted by atomic mass is 9.55. The van der Waals surface area contributed by atoms with Crippen molar-refractivity contribution in [3.8, 4) is 28.7 Å². The van der Waals surface area contributed by atoms with Gasteiger partial charge in [-0.1, -0.05) is 96.3 Å². The summed E-state index contributed by atoms with van der Waals surface area (Å²) in [6, 6.07) is 27.0. The summed E-state index contributed by atoms with van der Waals surface area (Å²) in [4.78, 5) is 20.2. The Hall–Kier alpha value is -5.19. The number of H-pyrrole nitrogens is 1. The third kappa shape index (κ3) is 11.0. The number of ether oxygens (including phenoxy) is 3. The van der Waals surface area contributed by atoms with E-state index in [1.165, 1.54) is 0 Å². The Morgan fingerprint density at radius 1 is 0.857 bits per heavy atom. The van der Waals surface area contributed by atoms with Crippen LogP contribution in [0, 0.1) is 17.8 Å². The lowest BCUT2D eigenvalue weighted by molar-refractivity contribution is -0.149. The second-order valence-corrected chi connectivity index (χ2v) is 24.8. The number of aromatic amines is 1. The summed E-state index contributed by atoms with van der Waals surface area (Å²) in [6.07, 6.45) is 11.9. The Labute approximate surface area is 460 Å². The second-order valence-electron chi connectivity index (χ2n) is 22.2. The van der Waals surface area contributed by atoms with Gasteiger partial charge in [0, 0.05) is 41.6 Å². The number of aromatic hydroxyl groups is 2. The number of Topliss-reactive ketones (excluding diaryl/α,β-unsaturated/α-hetero) is 1. The highest BCUT2D eigenvalue weighted by molar-refractivity contribution is 8.76. The fourth-order valence-corrected chi connectivity index (χ4v) is 16.7. The number of methoxy groups -OCH3 is 1. The topological polar surface area (TPSA) is 194 Å². The third-order valence-electron chi connectivity index (χ3n) is 17.9. The molecule has 77 heavy (non-hydrogen) atoms. The van der Waals surface area contributed by atoms with E-state index in [0.29, 0.717) is 53.4 Å². The first-order valence-corrected chi connectivity index (χ1v) is 30.2. The zero-order valence-corrected chi connectivity index (χ0v) is 46.3. The molecule has 0 unspecified atom stereocenters. The molecule has 0 saturated heterocycles. The molecule has 10 rings (SSSR count). The van der Waals surface area contributed by atoms with Crippen LogP contribution < -0.4 is 19.5 Å². The van der Waals surface area contributed by atoms with Crippen LogP contribution in [0.1, 0.15) is 126 Å². The van der Waals surface area contributed by atoms with Crippen LogP contribution in [0.15, 0.2) is 97.3 Å². The molecule has 410 valence electrons. The molecule has 14 heteroatoms. The molecule has 0 spiro atoms. The maximum absolute atomic E-state index is 17.0. The largest absolute Gasteiger partial charge is 0.508 e. The minimum atomic E-state index is -1.68. The molecular weight excluding hydrogens is 1010 g/mol. The number of carbonyl (C=O) groups excluding carboxylic acids is 1. The van der Waals surface area contributed by atoms with Crippen molar-refractivity contribution in [1.29, 1.82) is 0 Å². The van der Waals surface area contributed by atoms with Crippen molar-refractivity contribution >= 4 is 38.1 Å². The number of aryl methyl sites for hydroxylation is 1. The summed E-state index contributed by atoms with van der Waals surface area (Å²) in [5, 5.41) is 77.1. The van der Waals surface area contributed by atoms with E-state index < -0.39 is 47.7 Å². The SMILES string of the molecule is CCc1ccc2cccc3c2c1Cc1c(ccc(O)c1OC)C[C@@H](Cc1cc[nH]c1)[C@H](O)[C@@H]1C(=O)[C@@](Cc2ccc(OCO)c(OC4CCCCC4)c2)(c2cc(O)cc(C4(NC)CCCC4)c2)[C@@H](O)C[C@H]1CSS[C@H]3CO. The molecule has 3 aliphatic carbocycles. The monoisotopic (exact) mass is 1080 g/mol. The zero-order chi connectivity index (χ0) is 53.8. The minimum Gasteiger partial charge on any atom is -0.508 e. The summed E-state index contributed by atoms with van der Waals surface area (Å²) in [5.74, 6) is -0.884. The highest BCUT2D eigenvalue weighted by Crippen LogP contribution is 2.53. The van der Waals surface area contributed by atoms with Crippen LogP contribution in [0.5, 0.6) is 28.7 Å². The molecule has 12 nitrogen and oxygen atoms in total. The van der Waals surface area contributed by atoms with Gasteiger partial charge in [0.2, 0.25) is 0 Å². The van der Waals surface area contributed by atoms with Gasteiger partial charge in [0.25, 0.3) is 0 Å². The molecule has 6 aromatic rings. The lowest BCUT2D eigenvalue weighted by Crippen LogP contribution is -2.61. The van der Waals surface area contributed by atoms with E-state index in [2.05, 4.69) is 41.5 Å². The van der Waals surface area contributed by atoms with Gasteiger partial charge in [0.1, 0.15) is 5.75 Å². The van der Waals surface area contributed by atoms with E-state index >= 15 is 4.79 Å². The van der Waals surface area contributed by atoms with Crippen LogP contribution in [-0.2, 0) is 47.9 Å². The predicted octanol–water partition coefficient (Wildman–Crippen LogP) is 10.7. The van der Waals surface area contributed by atoms with Gasteiger partial charge in [-0.25, -0.2) is 0 Å². The molecule has 2 heterocycles. The fraction of sp³-hybridized carbons (Fsp3) is 0.476. The van der Waals surface area contributed by atoms with Gasteiger partial charge in [0.15, 0.2) is 35.6 Å². The van der Waals surface area contributed by atoms with E-state index in [1.807, 2.05) is 55.8 Å². The zero-order valence-electron chi connectivity index (χ0n) is 44.6. The van der Waals surface area contributed by atoms with Crippen molar-refractivity contribution in [3.63, 3.8) is 0 Å². The van der Waals surface area contributed by atoms with Crippen molar-refractivity contribution < 1.29 is 49.6 Å². The van der Waals surface area contributed by atoms with Gasteiger partial charge in [-0.05, 0) is 181 Å². The molecule has 0 radical (unpaired) electrons. The summed E-state index contributed by atoms with van der Waals surface area (Å²) in [6.45, 7) is 1.43. The van der Waals surface area contributed by atoms with E-state index in [4.69, 9.17) is 14.2 Å². The summed E-state index contributed by atoms with van der Waals surface area (Å²) in [7, 11) is 6.60. The number of carbonyl (C=O) groups is 1. The number of aliphatic hydroxyl groups excluding tert-OH is 4. The van der Waals surface area contributed by atoms with Crippen LogP contribution in [0.25, 0.3) is 10.8 Å². The molecule has 7 atom stereocenters. The summed E-state index contributed by atoms with van der Waals surface area (Å²) >= 11 is 0. The van der Waals surface area contributed by atoms with Crippen LogP contribution >= 0.6 is 21.6 Å². The van der Waals surface area contributed by atoms with E-state index in [0.717, 1.165) is 114 Å². The number of benzene rings is 5. The summed E-state index contributed by atoms with van der Waals surface area (Å²) < 4.78 is 18.5. The first kappa shape index (κ1) is 55.1. The molecule has 0 bridgehead atoms. The molecule has 1 aromatic heterocycles. The van der Waals surface area contributed by atoms with Crippen LogP contribution in [0.3, 0.4) is 0 Å². The molecule has 3 saturated carbocycles. The van der Waals surface area contributed by atoms with Crippen LogP contribution in [0.2, 0.25) is 0 Å². The molecule has 5 aromatic carbocycles. The van der Waals surface area contributed by atoms with Gasteiger partial charge < -0.3 is 55.2 Å². The van der Waals surface area contributed by atoms with E-state index in [1.54, 1.807) is 53.0 Å². The standard InChI is InChI=1S/C63H76N2O10S2/c1-4-40-16-17-41-11-10-14-49-55(35-66)77-76-36-44-28-56(70)63(46-29-45(30-47(68)31-46)62(64-2)22-8-9-23-62,33-38-15-20-53(74-37-67)54(26-38)75-48-12-6-5-7-13-48)61(72)58(44)59(71)43(25-39-21-24-65-34-39)27-42-18-19-52(69)60(73-3)51(42)32-50(40)57(41)49/h10-11,14-21,24,26,29-31,34,43-44,48,55-56,58-59,64-71H,4-9,12-13,22-23,25,27-28,32-33,35-37H2,1-3H3/t43-,44+,55+,56+,58-,59+,63+/m1/s1. The van der Waals surface area contributed by atoms with Gasteiger partial charge in [0.05, 0.1) is 42.7 Å². The average molecular weight is 1090 g/mol. The van der Waals surface area contributed by atoms with Crippen molar-refractivity contribution in [2.45, 2.75) is 138 Å². The van der Waals surface area contributed by atoms with Crippen molar-refractivity contribution in [2.75, 3.05) is 33.3 Å². The number of aromatic nitrogens is 1. The number of hydrogen-bond acceptors (Lipinski definition) is 13. The Kier molecular flexibility index (Phi) is 17.2. The number of fused-ring (bicyclic) bond motifs is 2. The Bertz CT molecular complexity index is 3010. The number of rotatable bonds is 14. The van der Waals surface area contributed by atoms with Gasteiger partial charge in [-0.3, -0.25) is 4.79 Å². The van der Waals surface area contributed by atoms with Gasteiger partial charge >= 0.3 is 0 Å². The normalized spacial score (nSPS) is 25.1. The average Bonchev–Trinajstić information content (AvgIpc) is 4.26. The fourth-order valence-electron chi connectivity index (χ4n) is 13.8. The predicted molar refractivity (Wildman–Crippen MR) is 305 cm³/mol. The number of hydrogen-bond donors (Lipinski definition) is 8. The maximum Gasteiger partial charge on any atom is 0.186 e. The van der Waals surface area contributed by atoms with Crippen molar-refractivity contribution in [3.05, 3.63) is 147 Å². The maximum atomic E-state index is 17.0. The number of aliphatic hydroxyl groups is 4.